The van der Waals surface area contributed by atoms with Crippen molar-refractivity contribution in [2.45, 2.75) is 99.4 Å². The number of hydrogen-bond acceptors (Lipinski definition) is 10. The molecule has 0 bridgehead atoms. The summed E-state index contributed by atoms with van der Waals surface area (Å²) in [5.74, 6) is -1.13. The standard InChI is InChI=1S/C46H52N2O9S/c1-44-20-18-32(50)22-30(44)12-15-35-36-19-21-46(38(52)26-49,45(36,2)24-37(51)41(35)44)57-43(56)29-10-13-33(14-11-29)58-34-5-3-4-31(23-34)47-42(55)28-8-6-27(7-9-28)25-48-39(53)16-17-40(48)54/h3-5,10-11,13-14,16-18,20,22-23,27-28,35-37,41,43,49,51,56H,6-9,12,15,19,21,24-26H2,1-2H3,(H,47,55)/t27?,28?,35-,36?,37-,41?,43+,44-,45-,46-/m0/s1. The van der Waals surface area contributed by atoms with Crippen LogP contribution in [-0.4, -0.2) is 74.4 Å². The summed E-state index contributed by atoms with van der Waals surface area (Å²) in [4.78, 5) is 66.2. The van der Waals surface area contributed by atoms with Crippen LogP contribution in [0.1, 0.15) is 83.5 Å². The Bertz CT molecular complexity index is 2070. The van der Waals surface area contributed by atoms with Crippen LogP contribution in [0.4, 0.5) is 5.69 Å². The van der Waals surface area contributed by atoms with Crippen LogP contribution in [0, 0.1) is 40.4 Å². The van der Waals surface area contributed by atoms with E-state index in [1.807, 2.05) is 49.4 Å². The number of fused-ring (bicyclic) bond motifs is 5. The number of imide groups is 1. The van der Waals surface area contributed by atoms with E-state index in [0.29, 0.717) is 43.5 Å². The molecule has 5 aliphatic carbocycles. The number of nitrogens with zero attached hydrogens (tertiary/aromatic N) is 1. The Morgan fingerprint density at radius 3 is 2.38 bits per heavy atom. The first-order valence-corrected chi connectivity index (χ1v) is 21.4. The summed E-state index contributed by atoms with van der Waals surface area (Å²) in [5.41, 5.74) is -0.617. The number of benzene rings is 2. The van der Waals surface area contributed by atoms with E-state index in [2.05, 4.69) is 12.2 Å². The van der Waals surface area contributed by atoms with Crippen LogP contribution >= 0.6 is 11.8 Å². The average molecular weight is 809 g/mol. The molecule has 8 atom stereocenters. The third-order valence-electron chi connectivity index (χ3n) is 14.6. The highest BCUT2D eigenvalue weighted by molar-refractivity contribution is 7.99. The van der Waals surface area contributed by atoms with Crippen molar-refractivity contribution in [3.05, 3.63) is 90.0 Å². The van der Waals surface area contributed by atoms with Crippen molar-refractivity contribution >= 4 is 46.7 Å². The predicted molar refractivity (Wildman–Crippen MR) is 216 cm³/mol. The summed E-state index contributed by atoms with van der Waals surface area (Å²) < 4.78 is 6.48. The number of rotatable bonds is 11. The minimum absolute atomic E-state index is 0.00561. The van der Waals surface area contributed by atoms with Crippen molar-refractivity contribution in [2.75, 3.05) is 18.5 Å². The highest BCUT2D eigenvalue weighted by Crippen LogP contribution is 2.68. The van der Waals surface area contributed by atoms with Crippen molar-refractivity contribution in [1.82, 2.24) is 4.90 Å². The lowest BCUT2D eigenvalue weighted by atomic mass is 9.46. The van der Waals surface area contributed by atoms with Gasteiger partial charge >= 0.3 is 0 Å². The van der Waals surface area contributed by atoms with E-state index in [9.17, 15) is 39.3 Å². The molecule has 2 aromatic rings. The highest BCUT2D eigenvalue weighted by atomic mass is 32.2. The number of anilines is 1. The van der Waals surface area contributed by atoms with Gasteiger partial charge in [0, 0.05) is 62.4 Å². The molecule has 58 heavy (non-hydrogen) atoms. The number of carbonyl (C=O) groups excluding carboxylic acids is 5. The number of ketones is 2. The molecule has 4 N–H and O–H groups in total. The molecular weight excluding hydrogens is 757 g/mol. The molecule has 3 amide bonds. The molecule has 6 aliphatic rings. The van der Waals surface area contributed by atoms with Crippen molar-refractivity contribution in [2.24, 2.45) is 40.4 Å². The van der Waals surface area contributed by atoms with Crippen LogP contribution < -0.4 is 5.32 Å². The first-order valence-electron chi connectivity index (χ1n) is 20.6. The molecule has 2 unspecified atom stereocenters. The van der Waals surface area contributed by atoms with Crippen LogP contribution in [0.25, 0.3) is 0 Å². The fourth-order valence-electron chi connectivity index (χ4n) is 11.6. The van der Waals surface area contributed by atoms with Crippen LogP contribution in [0.2, 0.25) is 0 Å². The summed E-state index contributed by atoms with van der Waals surface area (Å²) in [6, 6.07) is 14.8. The quantitative estimate of drug-likeness (QED) is 0.154. The Kier molecular flexibility index (Phi) is 11.0. The zero-order chi connectivity index (χ0) is 41.0. The molecule has 2 aromatic carbocycles. The highest BCUT2D eigenvalue weighted by Gasteiger charge is 2.69. The van der Waals surface area contributed by atoms with E-state index >= 15 is 0 Å². The lowest BCUT2D eigenvalue weighted by Crippen LogP contribution is -2.62. The normalized spacial score (nSPS) is 34.6. The summed E-state index contributed by atoms with van der Waals surface area (Å²) in [5, 5.41) is 36.8. The summed E-state index contributed by atoms with van der Waals surface area (Å²) in [7, 11) is 0. The van der Waals surface area contributed by atoms with Crippen LogP contribution in [0.5, 0.6) is 0 Å². The van der Waals surface area contributed by atoms with Gasteiger partial charge in [-0.15, -0.1) is 0 Å². The van der Waals surface area contributed by atoms with E-state index in [4.69, 9.17) is 4.74 Å². The first-order chi connectivity index (χ1) is 27.7. The maximum absolute atomic E-state index is 13.8. The molecule has 0 spiro atoms. The Balaban J connectivity index is 0.898. The van der Waals surface area contributed by atoms with Crippen molar-refractivity contribution in [1.29, 1.82) is 0 Å². The van der Waals surface area contributed by atoms with Crippen molar-refractivity contribution < 1.29 is 44.0 Å². The molecule has 1 aliphatic heterocycles. The maximum Gasteiger partial charge on any atom is 0.253 e. The van der Waals surface area contributed by atoms with Gasteiger partial charge in [0.1, 0.15) is 12.2 Å². The molecular formula is C46H52N2O9S. The van der Waals surface area contributed by atoms with E-state index < -0.39 is 41.2 Å². The van der Waals surface area contributed by atoms with E-state index in [0.717, 1.165) is 41.0 Å². The second kappa shape index (κ2) is 15.8. The van der Waals surface area contributed by atoms with Gasteiger partial charge in [0.25, 0.3) is 11.8 Å². The molecule has 306 valence electrons. The Morgan fingerprint density at radius 2 is 1.67 bits per heavy atom. The third kappa shape index (κ3) is 7.14. The molecule has 8 rings (SSSR count). The van der Waals surface area contributed by atoms with E-state index in [1.54, 1.807) is 24.3 Å². The number of Topliss-reactive ketones (excluding diaryl/α,β-unsaturated/α-hetero) is 1. The third-order valence-corrected chi connectivity index (χ3v) is 15.6. The minimum Gasteiger partial charge on any atom is -0.393 e. The lowest BCUT2D eigenvalue weighted by molar-refractivity contribution is -0.243. The molecule has 4 fully saturated rings. The van der Waals surface area contributed by atoms with Crippen LogP contribution in [0.3, 0.4) is 0 Å². The van der Waals surface area contributed by atoms with Gasteiger partial charge in [-0.05, 0) is 118 Å². The number of aliphatic hydroxyl groups excluding tert-OH is 3. The predicted octanol–water partition coefficient (Wildman–Crippen LogP) is 6.09. The number of nitrogens with one attached hydrogen (secondary N) is 1. The van der Waals surface area contributed by atoms with Gasteiger partial charge in [0.2, 0.25) is 5.91 Å². The molecule has 0 saturated heterocycles. The smallest absolute Gasteiger partial charge is 0.253 e. The summed E-state index contributed by atoms with van der Waals surface area (Å²) in [6.45, 7) is 3.73. The molecule has 0 radical (unpaired) electrons. The van der Waals surface area contributed by atoms with Crippen molar-refractivity contribution in [3.8, 4) is 0 Å². The second-order valence-corrected chi connectivity index (χ2v) is 18.8. The largest absolute Gasteiger partial charge is 0.393 e. The fourth-order valence-corrected chi connectivity index (χ4v) is 12.5. The number of aliphatic hydroxyl groups is 3. The van der Waals surface area contributed by atoms with E-state index in [-0.39, 0.29) is 59.5 Å². The first kappa shape index (κ1) is 40.6. The van der Waals surface area contributed by atoms with Gasteiger partial charge in [-0.25, -0.2) is 0 Å². The molecule has 11 nitrogen and oxygen atoms in total. The van der Waals surface area contributed by atoms with Gasteiger partial charge in [-0.3, -0.25) is 28.9 Å². The maximum atomic E-state index is 13.8. The van der Waals surface area contributed by atoms with Crippen LogP contribution in [-0.2, 0) is 28.7 Å². The number of amides is 3. The van der Waals surface area contributed by atoms with Gasteiger partial charge in [0.15, 0.2) is 17.9 Å². The van der Waals surface area contributed by atoms with Crippen molar-refractivity contribution in [3.63, 3.8) is 0 Å². The number of carbonyl (C=O) groups is 5. The number of hydrogen-bond donors (Lipinski definition) is 4. The molecule has 4 saturated carbocycles. The summed E-state index contributed by atoms with van der Waals surface area (Å²) >= 11 is 1.49. The lowest BCUT2D eigenvalue weighted by Gasteiger charge is -2.60. The fraction of sp³-hybridized carbons (Fsp3) is 0.500. The Labute approximate surface area is 343 Å². The minimum atomic E-state index is -1.50. The van der Waals surface area contributed by atoms with Gasteiger partial charge < -0.3 is 25.4 Å². The Morgan fingerprint density at radius 1 is 0.948 bits per heavy atom. The molecule has 12 heteroatoms. The zero-order valence-electron chi connectivity index (χ0n) is 33.0. The topological polar surface area (TPSA) is 171 Å². The molecule has 1 heterocycles. The SMILES string of the molecule is C[C@]12C=CC(=O)C=C1CC[C@@H]1C2[C@@H](O)C[C@@]2(C)C1CC[C@]2(O[C@@H](O)c1ccc(Sc2cccc(NC(=O)C3CCC(CN4C(=O)C=CC4=O)CC3)c2)cc1)C(=O)CO. The monoisotopic (exact) mass is 808 g/mol. The van der Waals surface area contributed by atoms with Gasteiger partial charge in [0.05, 0.1) is 6.10 Å². The van der Waals surface area contributed by atoms with E-state index in [1.165, 1.54) is 28.8 Å². The van der Waals surface area contributed by atoms with Gasteiger partial charge in [-0.2, -0.15) is 0 Å². The number of allylic oxidation sites excluding steroid dienone is 4. The molecule has 0 aromatic heterocycles. The Hall–Kier alpha value is -4.20. The van der Waals surface area contributed by atoms with Gasteiger partial charge in [-0.1, -0.05) is 55.5 Å². The second-order valence-electron chi connectivity index (χ2n) is 17.7. The zero-order valence-corrected chi connectivity index (χ0v) is 33.8. The van der Waals surface area contributed by atoms with Crippen LogP contribution in [0.15, 0.2) is 94.3 Å². The number of ether oxygens (including phenoxy) is 1. The summed E-state index contributed by atoms with van der Waals surface area (Å²) in [6.07, 6.45) is 11.3. The average Bonchev–Trinajstić information content (AvgIpc) is 3.68.